The Hall–Kier alpha value is -1.42. The lowest BCUT2D eigenvalue weighted by Gasteiger charge is -2.11. The number of hydrogen-bond donors (Lipinski definition) is 0. The highest BCUT2D eigenvalue weighted by Crippen LogP contribution is 2.14. The number of ether oxygens (including phenoxy) is 2. The third-order valence-electron chi connectivity index (χ3n) is 2.26. The van der Waals surface area contributed by atoms with Crippen LogP contribution < -0.4 is 4.74 Å². The molecular formula is C13H19NO3. The van der Waals surface area contributed by atoms with Crippen LogP contribution in [-0.4, -0.2) is 30.1 Å². The molecule has 1 aromatic heterocycles. The smallest absolute Gasteiger partial charge is 0.192 e. The largest absolute Gasteiger partial charge is 0.492 e. The zero-order valence-electron chi connectivity index (χ0n) is 10.6. The maximum Gasteiger partial charge on any atom is 0.192 e. The summed E-state index contributed by atoms with van der Waals surface area (Å²) in [7, 11) is 0. The van der Waals surface area contributed by atoms with Crippen molar-refractivity contribution in [1.29, 1.82) is 0 Å². The molecule has 0 aromatic carbocycles. The van der Waals surface area contributed by atoms with Crippen LogP contribution in [0.1, 0.15) is 37.6 Å². The normalized spacial score (nSPS) is 12.2. The molecule has 17 heavy (non-hydrogen) atoms. The second-order valence-electron chi connectivity index (χ2n) is 3.72. The van der Waals surface area contributed by atoms with E-state index in [0.717, 1.165) is 6.42 Å². The summed E-state index contributed by atoms with van der Waals surface area (Å²) in [5.41, 5.74) is 0.527. The first-order valence-corrected chi connectivity index (χ1v) is 5.92. The standard InChI is InChI=1S/C13H19NO3/c1-4-6-17-12-7-11(8-14-9-12)13(15)10(3)16-5-2/h7-10H,4-6H2,1-3H3. The summed E-state index contributed by atoms with van der Waals surface area (Å²) < 4.78 is 10.7. The molecule has 1 rings (SSSR count). The second-order valence-corrected chi connectivity index (χ2v) is 3.72. The first-order valence-electron chi connectivity index (χ1n) is 5.92. The van der Waals surface area contributed by atoms with Crippen LogP contribution in [0, 0.1) is 0 Å². The summed E-state index contributed by atoms with van der Waals surface area (Å²) >= 11 is 0. The molecular weight excluding hydrogens is 218 g/mol. The number of rotatable bonds is 7. The fraction of sp³-hybridized carbons (Fsp3) is 0.538. The zero-order valence-corrected chi connectivity index (χ0v) is 10.6. The van der Waals surface area contributed by atoms with E-state index in [-0.39, 0.29) is 5.78 Å². The maximum absolute atomic E-state index is 11.9. The van der Waals surface area contributed by atoms with E-state index in [4.69, 9.17) is 9.47 Å². The van der Waals surface area contributed by atoms with E-state index in [0.29, 0.717) is 24.5 Å². The Morgan fingerprint density at radius 3 is 2.82 bits per heavy atom. The van der Waals surface area contributed by atoms with Crippen LogP contribution in [0.2, 0.25) is 0 Å². The SMILES string of the molecule is CCCOc1cncc(C(=O)C(C)OCC)c1. The van der Waals surface area contributed by atoms with E-state index >= 15 is 0 Å². The van der Waals surface area contributed by atoms with Crippen LogP contribution in [0.3, 0.4) is 0 Å². The number of carbonyl (C=O) groups is 1. The zero-order chi connectivity index (χ0) is 12.7. The Morgan fingerprint density at radius 1 is 1.41 bits per heavy atom. The Bertz CT molecular complexity index is 365. The summed E-state index contributed by atoms with van der Waals surface area (Å²) in [5, 5.41) is 0. The van der Waals surface area contributed by atoms with Gasteiger partial charge in [-0.15, -0.1) is 0 Å². The second kappa shape index (κ2) is 7.01. The third kappa shape index (κ3) is 4.15. The Morgan fingerprint density at radius 2 is 2.18 bits per heavy atom. The van der Waals surface area contributed by atoms with Gasteiger partial charge in [0.2, 0.25) is 0 Å². The van der Waals surface area contributed by atoms with Gasteiger partial charge in [0, 0.05) is 18.4 Å². The predicted molar refractivity (Wildman–Crippen MR) is 65.4 cm³/mol. The van der Waals surface area contributed by atoms with Gasteiger partial charge in [0.15, 0.2) is 5.78 Å². The molecule has 94 valence electrons. The molecule has 0 spiro atoms. The first-order chi connectivity index (χ1) is 8.19. The topological polar surface area (TPSA) is 48.4 Å². The highest BCUT2D eigenvalue weighted by molar-refractivity contribution is 5.99. The Balaban J connectivity index is 2.73. The summed E-state index contributed by atoms with van der Waals surface area (Å²) in [6, 6.07) is 1.71. The lowest BCUT2D eigenvalue weighted by atomic mass is 10.1. The average Bonchev–Trinajstić information content (AvgIpc) is 2.36. The summed E-state index contributed by atoms with van der Waals surface area (Å²) in [4.78, 5) is 15.9. The highest BCUT2D eigenvalue weighted by Gasteiger charge is 2.16. The summed E-state index contributed by atoms with van der Waals surface area (Å²) in [5.74, 6) is 0.558. The molecule has 1 heterocycles. The Kier molecular flexibility index (Phi) is 5.63. The molecule has 0 amide bonds. The van der Waals surface area contributed by atoms with Gasteiger partial charge in [-0.1, -0.05) is 6.92 Å². The summed E-state index contributed by atoms with van der Waals surface area (Å²) in [6.07, 6.45) is 3.63. The minimum Gasteiger partial charge on any atom is -0.492 e. The van der Waals surface area contributed by atoms with Gasteiger partial charge in [-0.25, -0.2) is 0 Å². The van der Waals surface area contributed by atoms with Crippen molar-refractivity contribution < 1.29 is 14.3 Å². The van der Waals surface area contributed by atoms with Crippen LogP contribution in [0.15, 0.2) is 18.5 Å². The van der Waals surface area contributed by atoms with E-state index in [1.54, 1.807) is 19.2 Å². The van der Waals surface area contributed by atoms with Gasteiger partial charge >= 0.3 is 0 Å². The molecule has 1 unspecified atom stereocenters. The van der Waals surface area contributed by atoms with E-state index in [2.05, 4.69) is 4.98 Å². The van der Waals surface area contributed by atoms with E-state index in [9.17, 15) is 4.79 Å². The van der Waals surface area contributed by atoms with Crippen molar-refractivity contribution in [3.05, 3.63) is 24.0 Å². The first kappa shape index (κ1) is 13.6. The van der Waals surface area contributed by atoms with Gasteiger partial charge in [0.1, 0.15) is 11.9 Å². The van der Waals surface area contributed by atoms with E-state index in [1.807, 2.05) is 13.8 Å². The number of carbonyl (C=O) groups excluding carboxylic acids is 1. The van der Waals surface area contributed by atoms with Gasteiger partial charge in [-0.05, 0) is 26.3 Å². The lowest BCUT2D eigenvalue weighted by molar-refractivity contribution is 0.0520. The molecule has 1 aromatic rings. The molecule has 4 nitrogen and oxygen atoms in total. The minimum atomic E-state index is -0.441. The third-order valence-corrected chi connectivity index (χ3v) is 2.26. The average molecular weight is 237 g/mol. The van der Waals surface area contributed by atoms with Gasteiger partial charge in [0.05, 0.1) is 12.8 Å². The highest BCUT2D eigenvalue weighted by atomic mass is 16.5. The molecule has 1 atom stereocenters. The Labute approximate surface area is 102 Å². The molecule has 0 N–H and O–H groups in total. The van der Waals surface area contributed by atoms with Gasteiger partial charge in [-0.3, -0.25) is 9.78 Å². The van der Waals surface area contributed by atoms with Crippen molar-refractivity contribution in [3.63, 3.8) is 0 Å². The van der Waals surface area contributed by atoms with Gasteiger partial charge < -0.3 is 9.47 Å². The molecule has 0 bridgehead atoms. The van der Waals surface area contributed by atoms with Crippen LogP contribution in [0.4, 0.5) is 0 Å². The van der Waals surface area contributed by atoms with Gasteiger partial charge in [0.25, 0.3) is 0 Å². The molecule has 0 radical (unpaired) electrons. The number of hydrogen-bond acceptors (Lipinski definition) is 4. The molecule has 0 aliphatic rings. The monoisotopic (exact) mass is 237 g/mol. The predicted octanol–water partition coefficient (Wildman–Crippen LogP) is 2.48. The fourth-order valence-corrected chi connectivity index (χ4v) is 1.41. The molecule has 0 aliphatic heterocycles. The van der Waals surface area contributed by atoms with Crippen molar-refractivity contribution in [1.82, 2.24) is 4.98 Å². The van der Waals surface area contributed by atoms with E-state index < -0.39 is 6.10 Å². The van der Waals surface area contributed by atoms with Crippen molar-refractivity contribution in [2.75, 3.05) is 13.2 Å². The molecule has 0 fully saturated rings. The number of pyridine rings is 1. The van der Waals surface area contributed by atoms with Crippen LogP contribution >= 0.6 is 0 Å². The number of nitrogens with zero attached hydrogens (tertiary/aromatic N) is 1. The molecule has 4 heteroatoms. The lowest BCUT2D eigenvalue weighted by Crippen LogP contribution is -2.21. The summed E-state index contributed by atoms with van der Waals surface area (Å²) in [6.45, 7) is 6.78. The van der Waals surface area contributed by atoms with Crippen molar-refractivity contribution in [3.8, 4) is 5.75 Å². The van der Waals surface area contributed by atoms with Crippen molar-refractivity contribution >= 4 is 5.78 Å². The number of aromatic nitrogens is 1. The molecule has 0 saturated heterocycles. The molecule has 0 saturated carbocycles. The quantitative estimate of drug-likeness (QED) is 0.683. The minimum absolute atomic E-state index is 0.0682. The van der Waals surface area contributed by atoms with Crippen molar-refractivity contribution in [2.45, 2.75) is 33.3 Å². The van der Waals surface area contributed by atoms with Crippen molar-refractivity contribution in [2.24, 2.45) is 0 Å². The number of Topliss-reactive ketones (excluding diaryl/α,β-unsaturated/α-hetero) is 1. The van der Waals surface area contributed by atoms with Gasteiger partial charge in [-0.2, -0.15) is 0 Å². The maximum atomic E-state index is 11.9. The number of ketones is 1. The van der Waals surface area contributed by atoms with Crippen LogP contribution in [-0.2, 0) is 4.74 Å². The van der Waals surface area contributed by atoms with E-state index in [1.165, 1.54) is 6.20 Å². The van der Waals surface area contributed by atoms with Crippen LogP contribution in [0.25, 0.3) is 0 Å². The molecule has 0 aliphatic carbocycles. The van der Waals surface area contributed by atoms with Crippen LogP contribution in [0.5, 0.6) is 5.75 Å². The fourth-order valence-electron chi connectivity index (χ4n) is 1.41.